The third-order valence-electron chi connectivity index (χ3n) is 5.18. The first kappa shape index (κ1) is 18.8. The Balaban J connectivity index is 1.51. The van der Waals surface area contributed by atoms with E-state index in [2.05, 4.69) is 10.6 Å². The highest BCUT2D eigenvalue weighted by Crippen LogP contribution is 2.37. The summed E-state index contributed by atoms with van der Waals surface area (Å²) in [5, 5.41) is 5.44. The number of carbonyl (C=O) groups is 3. The van der Waals surface area contributed by atoms with Gasteiger partial charge in [0.2, 0.25) is 12.7 Å². The Morgan fingerprint density at radius 3 is 2.66 bits per heavy atom. The molecule has 4 rings (SSSR count). The number of anilines is 1. The van der Waals surface area contributed by atoms with E-state index in [-0.39, 0.29) is 13.3 Å². The summed E-state index contributed by atoms with van der Waals surface area (Å²) >= 11 is 0. The van der Waals surface area contributed by atoms with Crippen LogP contribution in [-0.2, 0) is 15.1 Å². The van der Waals surface area contributed by atoms with Gasteiger partial charge in [0.25, 0.3) is 5.91 Å². The molecule has 0 unspecified atom stereocenters. The molecule has 0 radical (unpaired) electrons. The van der Waals surface area contributed by atoms with Crippen LogP contribution in [0.3, 0.4) is 0 Å². The summed E-state index contributed by atoms with van der Waals surface area (Å²) in [6, 6.07) is 10.1. The molecule has 8 nitrogen and oxygen atoms in total. The zero-order valence-corrected chi connectivity index (χ0v) is 16.4. The number of imide groups is 1. The lowest BCUT2D eigenvalue weighted by molar-refractivity contribution is -0.133. The van der Waals surface area contributed by atoms with E-state index >= 15 is 0 Å². The minimum absolute atomic E-state index is 0.112. The van der Waals surface area contributed by atoms with Gasteiger partial charge in [-0.3, -0.25) is 14.5 Å². The average Bonchev–Trinajstić information content (AvgIpc) is 3.22. The van der Waals surface area contributed by atoms with Gasteiger partial charge in [-0.2, -0.15) is 0 Å². The second-order valence-corrected chi connectivity index (χ2v) is 7.38. The molecule has 2 aromatic rings. The molecule has 150 valence electrons. The topological polar surface area (TPSA) is 97.0 Å². The number of fused-ring (bicyclic) bond motifs is 1. The smallest absolute Gasteiger partial charge is 0.325 e. The number of amides is 4. The molecule has 2 aliphatic rings. The Morgan fingerprint density at radius 2 is 1.90 bits per heavy atom. The zero-order valence-electron chi connectivity index (χ0n) is 16.4. The molecule has 0 bridgehead atoms. The van der Waals surface area contributed by atoms with Crippen LogP contribution in [-0.4, -0.2) is 36.1 Å². The molecule has 1 atom stereocenters. The van der Waals surface area contributed by atoms with Crippen LogP contribution in [0.25, 0.3) is 0 Å². The molecule has 0 aromatic heterocycles. The van der Waals surface area contributed by atoms with Crippen molar-refractivity contribution in [2.75, 3.05) is 18.7 Å². The van der Waals surface area contributed by atoms with Gasteiger partial charge in [0.05, 0.1) is 0 Å². The third-order valence-corrected chi connectivity index (χ3v) is 5.18. The lowest BCUT2D eigenvalue weighted by Crippen LogP contribution is -2.42. The van der Waals surface area contributed by atoms with Gasteiger partial charge in [0, 0.05) is 5.69 Å². The first-order valence-corrected chi connectivity index (χ1v) is 9.19. The van der Waals surface area contributed by atoms with Gasteiger partial charge < -0.3 is 20.1 Å². The zero-order chi connectivity index (χ0) is 20.8. The van der Waals surface area contributed by atoms with Crippen molar-refractivity contribution in [3.63, 3.8) is 0 Å². The molecule has 2 aromatic carbocycles. The number of ether oxygens (including phenoxy) is 2. The van der Waals surface area contributed by atoms with Crippen molar-refractivity contribution in [2.24, 2.45) is 0 Å². The molecule has 2 heterocycles. The molecule has 0 spiro atoms. The number of benzene rings is 2. The molecule has 0 saturated carbocycles. The van der Waals surface area contributed by atoms with E-state index in [1.54, 1.807) is 31.2 Å². The Hall–Kier alpha value is -3.55. The minimum Gasteiger partial charge on any atom is -0.454 e. The Kier molecular flexibility index (Phi) is 4.41. The van der Waals surface area contributed by atoms with Gasteiger partial charge in [-0.1, -0.05) is 23.8 Å². The van der Waals surface area contributed by atoms with Gasteiger partial charge >= 0.3 is 6.03 Å². The van der Waals surface area contributed by atoms with Gasteiger partial charge in [0.1, 0.15) is 12.1 Å². The van der Waals surface area contributed by atoms with Crippen molar-refractivity contribution in [3.05, 3.63) is 53.1 Å². The quantitative estimate of drug-likeness (QED) is 0.775. The van der Waals surface area contributed by atoms with E-state index < -0.39 is 23.4 Å². The van der Waals surface area contributed by atoms with Crippen LogP contribution in [0.15, 0.2) is 36.4 Å². The molecule has 0 aliphatic carbocycles. The van der Waals surface area contributed by atoms with E-state index in [1.165, 1.54) is 0 Å². The van der Waals surface area contributed by atoms with Crippen molar-refractivity contribution >= 4 is 23.5 Å². The summed E-state index contributed by atoms with van der Waals surface area (Å²) in [5.41, 5.74) is 1.89. The minimum atomic E-state index is -1.29. The molecule has 1 fully saturated rings. The number of aryl methyl sites for hydroxylation is 2. The van der Waals surface area contributed by atoms with Crippen LogP contribution in [0.1, 0.15) is 23.6 Å². The maximum Gasteiger partial charge on any atom is 0.325 e. The van der Waals surface area contributed by atoms with Crippen molar-refractivity contribution in [3.8, 4) is 11.5 Å². The lowest BCUT2D eigenvalue weighted by Gasteiger charge is -2.22. The van der Waals surface area contributed by atoms with Crippen LogP contribution >= 0.6 is 0 Å². The van der Waals surface area contributed by atoms with E-state index in [4.69, 9.17) is 9.47 Å². The molecule has 8 heteroatoms. The van der Waals surface area contributed by atoms with Gasteiger partial charge in [0.15, 0.2) is 11.5 Å². The second-order valence-electron chi connectivity index (χ2n) is 7.38. The maximum absolute atomic E-state index is 13.0. The normalized spacial score (nSPS) is 20.0. The number of nitrogens with zero attached hydrogens (tertiary/aromatic N) is 1. The van der Waals surface area contributed by atoms with Gasteiger partial charge in [-0.25, -0.2) is 4.79 Å². The molecule has 2 aliphatic heterocycles. The summed E-state index contributed by atoms with van der Waals surface area (Å²) in [6.45, 7) is 5.18. The van der Waals surface area contributed by atoms with Crippen LogP contribution in [0.4, 0.5) is 10.5 Å². The van der Waals surface area contributed by atoms with Gasteiger partial charge in [-0.15, -0.1) is 0 Å². The fraction of sp³-hybridized carbons (Fsp3) is 0.286. The number of nitrogens with one attached hydrogen (secondary N) is 2. The second kappa shape index (κ2) is 6.80. The molecule has 1 saturated heterocycles. The third kappa shape index (κ3) is 3.26. The molecular formula is C21H21N3O5. The fourth-order valence-electron chi connectivity index (χ4n) is 3.53. The summed E-state index contributed by atoms with van der Waals surface area (Å²) in [4.78, 5) is 38.9. The van der Waals surface area contributed by atoms with Crippen molar-refractivity contribution in [1.82, 2.24) is 10.2 Å². The summed E-state index contributed by atoms with van der Waals surface area (Å²) in [6.07, 6.45) is 0. The Bertz CT molecular complexity index is 1030. The number of rotatable bonds is 4. The van der Waals surface area contributed by atoms with E-state index in [0.717, 1.165) is 16.0 Å². The predicted octanol–water partition coefficient (Wildman–Crippen LogP) is 2.44. The maximum atomic E-state index is 13.0. The molecular weight excluding hydrogens is 374 g/mol. The Morgan fingerprint density at radius 1 is 1.14 bits per heavy atom. The summed E-state index contributed by atoms with van der Waals surface area (Å²) < 4.78 is 10.6. The van der Waals surface area contributed by atoms with Crippen molar-refractivity contribution in [1.29, 1.82) is 0 Å². The number of hydrogen-bond acceptors (Lipinski definition) is 5. The van der Waals surface area contributed by atoms with Crippen LogP contribution in [0.5, 0.6) is 11.5 Å². The highest BCUT2D eigenvalue weighted by molar-refractivity contribution is 6.10. The average molecular weight is 395 g/mol. The standard InChI is InChI=1S/C21H21N3O5/c1-12-4-6-15(13(2)8-12)22-18(25)10-24-19(26)21(3,23-20(24)27)14-5-7-16-17(9-14)29-11-28-16/h4-9H,10-11H2,1-3H3,(H,22,25)(H,23,27)/t21-/m0/s1. The molecule has 29 heavy (non-hydrogen) atoms. The van der Waals surface area contributed by atoms with Crippen molar-refractivity contribution < 1.29 is 23.9 Å². The van der Waals surface area contributed by atoms with E-state index in [9.17, 15) is 14.4 Å². The summed E-state index contributed by atoms with van der Waals surface area (Å²) in [5.74, 6) is 0.142. The fourth-order valence-corrected chi connectivity index (χ4v) is 3.53. The lowest BCUT2D eigenvalue weighted by atomic mass is 9.91. The number of urea groups is 1. The Labute approximate surface area is 167 Å². The SMILES string of the molecule is Cc1ccc(NC(=O)CN2C(=O)N[C@@](C)(c3ccc4c(c3)OCO4)C2=O)c(C)c1. The largest absolute Gasteiger partial charge is 0.454 e. The highest BCUT2D eigenvalue weighted by atomic mass is 16.7. The first-order chi connectivity index (χ1) is 13.8. The monoisotopic (exact) mass is 395 g/mol. The summed E-state index contributed by atoms with van der Waals surface area (Å²) in [7, 11) is 0. The van der Waals surface area contributed by atoms with Gasteiger partial charge in [-0.05, 0) is 50.1 Å². The number of hydrogen-bond donors (Lipinski definition) is 2. The molecule has 2 N–H and O–H groups in total. The van der Waals surface area contributed by atoms with Crippen LogP contribution in [0, 0.1) is 13.8 Å². The van der Waals surface area contributed by atoms with E-state index in [0.29, 0.717) is 22.7 Å². The van der Waals surface area contributed by atoms with E-state index in [1.807, 2.05) is 26.0 Å². The predicted molar refractivity (Wildman–Crippen MR) is 105 cm³/mol. The number of carbonyl (C=O) groups excluding carboxylic acids is 3. The van der Waals surface area contributed by atoms with Crippen LogP contribution in [0.2, 0.25) is 0 Å². The highest BCUT2D eigenvalue weighted by Gasteiger charge is 2.49. The van der Waals surface area contributed by atoms with Crippen LogP contribution < -0.4 is 20.1 Å². The molecule has 4 amide bonds. The van der Waals surface area contributed by atoms with Crippen molar-refractivity contribution in [2.45, 2.75) is 26.3 Å². The first-order valence-electron chi connectivity index (χ1n) is 9.19.